The van der Waals surface area contributed by atoms with Crippen molar-refractivity contribution in [3.8, 4) is 0 Å². The number of aromatic amines is 1. The van der Waals surface area contributed by atoms with E-state index < -0.39 is 5.82 Å². The average Bonchev–Trinajstić information content (AvgIpc) is 3.21. The van der Waals surface area contributed by atoms with Crippen molar-refractivity contribution in [3.63, 3.8) is 0 Å². The van der Waals surface area contributed by atoms with Crippen molar-refractivity contribution in [1.82, 2.24) is 30.4 Å². The molecule has 180 valence electrons. The third-order valence-electron chi connectivity index (χ3n) is 5.28. The molecule has 0 aliphatic heterocycles. The predicted molar refractivity (Wildman–Crippen MR) is 131 cm³/mol. The molecule has 0 spiro atoms. The van der Waals surface area contributed by atoms with Crippen molar-refractivity contribution in [2.75, 3.05) is 6.54 Å². The molecule has 1 aromatic carbocycles. The van der Waals surface area contributed by atoms with Gasteiger partial charge in [-0.25, -0.2) is 9.23 Å². The van der Waals surface area contributed by atoms with Crippen molar-refractivity contribution >= 4 is 46.1 Å². The number of aromatic nitrogens is 3. The van der Waals surface area contributed by atoms with Crippen LogP contribution in [0, 0.1) is 5.82 Å². The fourth-order valence-electron chi connectivity index (χ4n) is 3.47. The Kier molecular flexibility index (Phi) is 7.91. The summed E-state index contributed by atoms with van der Waals surface area (Å²) in [6, 6.07) is 9.96. The lowest BCUT2D eigenvalue weighted by Gasteiger charge is -2.09. The molecule has 0 saturated heterocycles. The van der Waals surface area contributed by atoms with Crippen LogP contribution in [0.15, 0.2) is 55.0 Å². The summed E-state index contributed by atoms with van der Waals surface area (Å²) in [5.74, 6) is -1.01. The maximum Gasteiger partial charge on any atom is 0.251 e. The molecule has 0 aliphatic rings. The topological polar surface area (TPSA) is 112 Å². The predicted octanol–water partition coefficient (Wildman–Crippen LogP) is 3.63. The molecule has 3 aromatic heterocycles. The second-order valence-corrected chi connectivity index (χ2v) is 8.44. The van der Waals surface area contributed by atoms with E-state index >= 15 is 0 Å². The van der Waals surface area contributed by atoms with Crippen molar-refractivity contribution in [2.45, 2.75) is 19.5 Å². The molecule has 4 N–H and O–H groups in total. The van der Waals surface area contributed by atoms with E-state index in [1.165, 1.54) is 6.07 Å². The number of H-pyrrole nitrogens is 1. The minimum atomic E-state index is -0.432. The molecule has 11 heteroatoms. The van der Waals surface area contributed by atoms with E-state index in [0.717, 1.165) is 5.56 Å². The highest BCUT2D eigenvalue weighted by Crippen LogP contribution is 2.25. The van der Waals surface area contributed by atoms with Crippen molar-refractivity contribution < 1.29 is 14.0 Å². The number of carbonyl (C=O) groups is 2. The van der Waals surface area contributed by atoms with Crippen LogP contribution in [0.25, 0.3) is 10.9 Å². The van der Waals surface area contributed by atoms with Crippen LogP contribution in [0.4, 0.5) is 4.39 Å². The molecule has 2 amide bonds. The summed E-state index contributed by atoms with van der Waals surface area (Å²) in [6.45, 7) is 0.318. The van der Waals surface area contributed by atoms with Gasteiger partial charge < -0.3 is 15.6 Å². The zero-order chi connectivity index (χ0) is 24.8. The number of hydrogen-bond donors (Lipinski definition) is 4. The maximum atomic E-state index is 14.4. The van der Waals surface area contributed by atoms with E-state index in [2.05, 4.69) is 30.4 Å². The number of rotatable bonds is 9. The SMILES string of the molecule is O=C(CNCl)NCc1ccc(Cc2cc(C(=O)NCc3cc4c(Cl)c[nH]c4cc3F)ccn2)cn1. The molecule has 0 fully saturated rings. The van der Waals surface area contributed by atoms with Crippen LogP contribution in [0.5, 0.6) is 0 Å². The lowest BCUT2D eigenvalue weighted by molar-refractivity contribution is -0.120. The molecule has 4 rings (SSSR count). The summed E-state index contributed by atoms with van der Waals surface area (Å²) in [7, 11) is 0. The van der Waals surface area contributed by atoms with Crippen molar-refractivity contribution in [3.05, 3.63) is 93.9 Å². The summed E-state index contributed by atoms with van der Waals surface area (Å²) in [6.07, 6.45) is 5.31. The van der Waals surface area contributed by atoms with E-state index in [9.17, 15) is 14.0 Å². The monoisotopic (exact) mass is 514 g/mol. The Labute approximate surface area is 210 Å². The fourth-order valence-corrected chi connectivity index (χ4v) is 3.80. The lowest BCUT2D eigenvalue weighted by atomic mass is 10.1. The van der Waals surface area contributed by atoms with Gasteiger partial charge in [0.25, 0.3) is 5.91 Å². The first kappa shape index (κ1) is 24.6. The van der Waals surface area contributed by atoms with E-state index in [-0.39, 0.29) is 31.4 Å². The van der Waals surface area contributed by atoms with E-state index in [1.54, 1.807) is 36.8 Å². The molecule has 0 bridgehead atoms. The zero-order valence-corrected chi connectivity index (χ0v) is 19.9. The average molecular weight is 515 g/mol. The number of benzene rings is 1. The normalized spacial score (nSPS) is 10.9. The third-order valence-corrected chi connectivity index (χ3v) is 5.73. The van der Waals surface area contributed by atoms with Gasteiger partial charge in [-0.3, -0.25) is 19.6 Å². The standard InChI is InChI=1S/C24H21Cl2FN6O2/c25-20-12-30-22-8-21(27)16(7-19(20)22)10-32-24(35)15-3-4-28-18(6-15)5-14-1-2-17(29-9-14)11-31-23(34)13-33-26/h1-4,6-9,12,30,33H,5,10-11,13H2,(H,31,34)(H,32,35). The van der Waals surface area contributed by atoms with E-state index in [4.69, 9.17) is 23.4 Å². The molecule has 0 atom stereocenters. The highest BCUT2D eigenvalue weighted by atomic mass is 35.5. The molecule has 3 heterocycles. The third kappa shape index (κ3) is 6.33. The molecule has 0 unspecified atom stereocenters. The molecule has 0 saturated carbocycles. The number of pyridine rings is 2. The van der Waals surface area contributed by atoms with Gasteiger partial charge >= 0.3 is 0 Å². The van der Waals surface area contributed by atoms with Crippen LogP contribution >= 0.6 is 23.4 Å². The Bertz CT molecular complexity index is 1360. The summed E-state index contributed by atoms with van der Waals surface area (Å²) < 4.78 is 14.4. The lowest BCUT2D eigenvalue weighted by Crippen LogP contribution is -2.30. The smallest absolute Gasteiger partial charge is 0.251 e. The van der Waals surface area contributed by atoms with Crippen molar-refractivity contribution in [2.24, 2.45) is 0 Å². The van der Waals surface area contributed by atoms with Crippen LogP contribution in [0.3, 0.4) is 0 Å². The van der Waals surface area contributed by atoms with Gasteiger partial charge in [0.15, 0.2) is 0 Å². The van der Waals surface area contributed by atoms with Gasteiger partial charge in [0, 0.05) is 59.3 Å². The number of nitrogens with one attached hydrogen (secondary N) is 4. The van der Waals surface area contributed by atoms with Gasteiger partial charge in [0.05, 0.1) is 23.8 Å². The van der Waals surface area contributed by atoms with E-state index in [1.807, 2.05) is 12.1 Å². The minimum absolute atomic E-state index is 0.0145. The first-order valence-corrected chi connectivity index (χ1v) is 11.4. The van der Waals surface area contributed by atoms with Gasteiger partial charge in [0.2, 0.25) is 5.91 Å². The van der Waals surface area contributed by atoms with Gasteiger partial charge in [0.1, 0.15) is 5.82 Å². The van der Waals surface area contributed by atoms with Crippen LogP contribution in [0.2, 0.25) is 5.02 Å². The molecule has 4 aromatic rings. The number of carbonyl (C=O) groups excluding carboxylic acids is 2. The second kappa shape index (κ2) is 11.3. The Morgan fingerprint density at radius 2 is 1.89 bits per heavy atom. The number of fused-ring (bicyclic) bond motifs is 1. The van der Waals surface area contributed by atoms with Gasteiger partial charge in [-0.1, -0.05) is 17.7 Å². The van der Waals surface area contributed by atoms with Crippen LogP contribution in [-0.2, 0) is 24.3 Å². The summed E-state index contributed by atoms with van der Waals surface area (Å²) in [4.78, 5) is 38.0. The minimum Gasteiger partial charge on any atom is -0.360 e. The molecule has 0 aliphatic carbocycles. The summed E-state index contributed by atoms with van der Waals surface area (Å²) >= 11 is 11.4. The molecular formula is C24H21Cl2FN6O2. The fraction of sp³-hybridized carbons (Fsp3) is 0.167. The second-order valence-electron chi connectivity index (χ2n) is 7.77. The Morgan fingerprint density at radius 3 is 2.66 bits per heavy atom. The van der Waals surface area contributed by atoms with Gasteiger partial charge in [-0.2, -0.15) is 0 Å². The maximum absolute atomic E-state index is 14.4. The van der Waals surface area contributed by atoms with Crippen LogP contribution in [-0.4, -0.2) is 33.3 Å². The molecule has 8 nitrogen and oxygen atoms in total. The number of halogens is 3. The van der Waals surface area contributed by atoms with Crippen molar-refractivity contribution in [1.29, 1.82) is 0 Å². The van der Waals surface area contributed by atoms with Crippen LogP contribution < -0.4 is 15.5 Å². The quantitative estimate of drug-likeness (QED) is 0.255. The van der Waals surface area contributed by atoms with E-state index in [0.29, 0.717) is 44.9 Å². The first-order chi connectivity index (χ1) is 16.9. The Hall–Kier alpha value is -3.53. The summed E-state index contributed by atoms with van der Waals surface area (Å²) in [5.41, 5.74) is 3.62. The molecule has 0 radical (unpaired) electrons. The number of nitrogens with zero attached hydrogens (tertiary/aromatic N) is 2. The zero-order valence-electron chi connectivity index (χ0n) is 18.4. The van der Waals surface area contributed by atoms with Gasteiger partial charge in [-0.05, 0) is 47.7 Å². The highest BCUT2D eigenvalue weighted by molar-refractivity contribution is 6.35. The molecule has 35 heavy (non-hydrogen) atoms. The summed E-state index contributed by atoms with van der Waals surface area (Å²) in [5, 5.41) is 6.61. The Balaban J connectivity index is 1.36. The van der Waals surface area contributed by atoms with Gasteiger partial charge in [-0.15, -0.1) is 0 Å². The Morgan fingerprint density at radius 1 is 1.03 bits per heavy atom. The number of hydrogen-bond acceptors (Lipinski definition) is 5. The highest BCUT2D eigenvalue weighted by Gasteiger charge is 2.12. The largest absolute Gasteiger partial charge is 0.360 e. The number of amides is 2. The van der Waals surface area contributed by atoms with Crippen LogP contribution in [0.1, 0.15) is 32.9 Å². The first-order valence-electron chi connectivity index (χ1n) is 10.6. The molecular weight excluding hydrogens is 494 g/mol.